The van der Waals surface area contributed by atoms with Gasteiger partial charge in [0.2, 0.25) is 11.8 Å². The maximum absolute atomic E-state index is 13.2. The Morgan fingerprint density at radius 1 is 1.09 bits per heavy atom. The molecule has 1 aliphatic heterocycles. The highest BCUT2D eigenvalue weighted by Gasteiger charge is 2.35. The van der Waals surface area contributed by atoms with Gasteiger partial charge in [-0.05, 0) is 58.0 Å². The van der Waals surface area contributed by atoms with Gasteiger partial charge in [-0.3, -0.25) is 19.2 Å². The lowest BCUT2D eigenvalue weighted by Crippen LogP contribution is -2.42. The minimum absolute atomic E-state index is 0.0199. The SMILES string of the molecule is CC(C)N(C(=O)c1cc(NC(=O)C2CC(=O)N(c3ccc(F)cc3)C2)c(=O)n(C)c1)C(C)C. The number of halogens is 1. The van der Waals surface area contributed by atoms with Crippen LogP contribution in [0.1, 0.15) is 44.5 Å². The molecule has 8 nitrogen and oxygen atoms in total. The van der Waals surface area contributed by atoms with Gasteiger partial charge in [-0.2, -0.15) is 0 Å². The van der Waals surface area contributed by atoms with E-state index < -0.39 is 23.2 Å². The highest BCUT2D eigenvalue weighted by Crippen LogP contribution is 2.26. The molecule has 2 heterocycles. The number of carbonyl (C=O) groups is 3. The molecule has 0 spiro atoms. The maximum atomic E-state index is 13.2. The van der Waals surface area contributed by atoms with Crippen molar-refractivity contribution in [2.75, 3.05) is 16.8 Å². The standard InChI is InChI=1S/C24H29FN4O4/c1-14(2)29(15(3)4)23(32)17-10-20(24(33)27(5)12-17)26-22(31)16-11-21(30)28(13-16)19-8-6-18(25)7-9-19/h6-10,12,14-16H,11,13H2,1-5H3,(H,26,31). The van der Waals surface area contributed by atoms with Gasteiger partial charge in [-0.15, -0.1) is 0 Å². The van der Waals surface area contributed by atoms with Crippen LogP contribution in [0, 0.1) is 11.7 Å². The molecule has 0 bridgehead atoms. The Kier molecular flexibility index (Phi) is 7.00. The molecule has 0 aliphatic carbocycles. The van der Waals surface area contributed by atoms with E-state index >= 15 is 0 Å². The molecule has 2 aromatic rings. The van der Waals surface area contributed by atoms with Gasteiger partial charge in [-0.1, -0.05) is 0 Å². The van der Waals surface area contributed by atoms with Crippen LogP contribution in [0.3, 0.4) is 0 Å². The first-order valence-corrected chi connectivity index (χ1v) is 10.9. The van der Waals surface area contributed by atoms with Crippen LogP contribution in [0.5, 0.6) is 0 Å². The molecule has 0 radical (unpaired) electrons. The summed E-state index contributed by atoms with van der Waals surface area (Å²) in [6.07, 6.45) is 1.42. The van der Waals surface area contributed by atoms with Crippen molar-refractivity contribution in [3.63, 3.8) is 0 Å². The lowest BCUT2D eigenvalue weighted by atomic mass is 10.1. The summed E-state index contributed by atoms with van der Waals surface area (Å²) in [6, 6.07) is 6.75. The summed E-state index contributed by atoms with van der Waals surface area (Å²) in [4.78, 5) is 54.1. The van der Waals surface area contributed by atoms with Gasteiger partial charge in [0.15, 0.2) is 0 Å². The number of carbonyl (C=O) groups excluding carboxylic acids is 3. The minimum Gasteiger partial charge on any atom is -0.334 e. The van der Waals surface area contributed by atoms with E-state index in [1.54, 1.807) is 4.90 Å². The van der Waals surface area contributed by atoms with E-state index in [2.05, 4.69) is 5.32 Å². The van der Waals surface area contributed by atoms with Gasteiger partial charge in [-0.25, -0.2) is 4.39 Å². The molecule has 1 N–H and O–H groups in total. The molecule has 1 atom stereocenters. The predicted octanol–water partition coefficient (Wildman–Crippen LogP) is 2.78. The summed E-state index contributed by atoms with van der Waals surface area (Å²) in [5.74, 6) is -2.10. The number of hydrogen-bond acceptors (Lipinski definition) is 4. The zero-order valence-electron chi connectivity index (χ0n) is 19.5. The third-order valence-electron chi connectivity index (χ3n) is 5.67. The third-order valence-corrected chi connectivity index (χ3v) is 5.67. The quantitative estimate of drug-likeness (QED) is 0.724. The zero-order chi connectivity index (χ0) is 24.4. The van der Waals surface area contributed by atoms with E-state index in [0.717, 1.165) is 0 Å². The molecule has 0 saturated carbocycles. The summed E-state index contributed by atoms with van der Waals surface area (Å²) in [5.41, 5.74) is 0.307. The average Bonchev–Trinajstić information content (AvgIpc) is 3.13. The number of pyridine rings is 1. The summed E-state index contributed by atoms with van der Waals surface area (Å²) in [5, 5.41) is 2.61. The van der Waals surface area contributed by atoms with Crippen LogP contribution in [0.15, 0.2) is 41.3 Å². The number of amides is 3. The molecular weight excluding hydrogens is 427 g/mol. The lowest BCUT2D eigenvalue weighted by Gasteiger charge is -2.31. The number of aryl methyl sites for hydroxylation is 1. The Morgan fingerprint density at radius 2 is 1.70 bits per heavy atom. The number of hydrogen-bond donors (Lipinski definition) is 1. The van der Waals surface area contributed by atoms with Gasteiger partial charge in [0, 0.05) is 44.0 Å². The smallest absolute Gasteiger partial charge is 0.274 e. The fraction of sp³-hybridized carbons (Fsp3) is 0.417. The number of nitrogens with one attached hydrogen (secondary N) is 1. The second-order valence-electron chi connectivity index (χ2n) is 8.83. The Labute approximate surface area is 192 Å². The molecule has 1 saturated heterocycles. The summed E-state index contributed by atoms with van der Waals surface area (Å²) >= 11 is 0. The van der Waals surface area contributed by atoms with Crippen LogP contribution < -0.4 is 15.8 Å². The number of rotatable bonds is 6. The number of benzene rings is 1. The van der Waals surface area contributed by atoms with Crippen LogP contribution in [0.25, 0.3) is 0 Å². The molecular formula is C24H29FN4O4. The Hall–Kier alpha value is -3.49. The van der Waals surface area contributed by atoms with Crippen molar-refractivity contribution in [1.82, 2.24) is 9.47 Å². The maximum Gasteiger partial charge on any atom is 0.274 e. The Balaban J connectivity index is 1.81. The summed E-state index contributed by atoms with van der Waals surface area (Å²) in [7, 11) is 1.51. The van der Waals surface area contributed by atoms with Crippen molar-refractivity contribution in [2.24, 2.45) is 13.0 Å². The molecule has 3 amide bonds. The van der Waals surface area contributed by atoms with Crippen molar-refractivity contribution < 1.29 is 18.8 Å². The van der Waals surface area contributed by atoms with Crippen molar-refractivity contribution >= 4 is 29.1 Å². The van der Waals surface area contributed by atoms with Crippen molar-refractivity contribution in [2.45, 2.75) is 46.2 Å². The summed E-state index contributed by atoms with van der Waals surface area (Å²) in [6.45, 7) is 7.75. The molecule has 1 aromatic carbocycles. The molecule has 1 aromatic heterocycles. The van der Waals surface area contributed by atoms with Crippen molar-refractivity contribution in [1.29, 1.82) is 0 Å². The van der Waals surface area contributed by atoms with Crippen LogP contribution >= 0.6 is 0 Å². The van der Waals surface area contributed by atoms with Gasteiger partial charge in [0.25, 0.3) is 11.5 Å². The number of aromatic nitrogens is 1. The van der Waals surface area contributed by atoms with Gasteiger partial charge in [0.1, 0.15) is 11.5 Å². The molecule has 1 unspecified atom stereocenters. The van der Waals surface area contributed by atoms with E-state index in [1.807, 2.05) is 27.7 Å². The van der Waals surface area contributed by atoms with Crippen LogP contribution in [0.4, 0.5) is 15.8 Å². The monoisotopic (exact) mass is 456 g/mol. The van der Waals surface area contributed by atoms with Crippen molar-refractivity contribution in [3.05, 3.63) is 58.3 Å². The fourth-order valence-electron chi connectivity index (χ4n) is 4.12. The first-order chi connectivity index (χ1) is 15.5. The molecule has 33 heavy (non-hydrogen) atoms. The zero-order valence-corrected chi connectivity index (χ0v) is 19.5. The fourth-order valence-corrected chi connectivity index (χ4v) is 4.12. The molecule has 1 aliphatic rings. The van der Waals surface area contributed by atoms with E-state index in [9.17, 15) is 23.6 Å². The molecule has 176 valence electrons. The van der Waals surface area contributed by atoms with Crippen LogP contribution in [0.2, 0.25) is 0 Å². The second kappa shape index (κ2) is 9.56. The van der Waals surface area contributed by atoms with Crippen LogP contribution in [-0.4, -0.2) is 45.8 Å². The van der Waals surface area contributed by atoms with E-state index in [4.69, 9.17) is 0 Å². The largest absolute Gasteiger partial charge is 0.334 e. The predicted molar refractivity (Wildman–Crippen MR) is 124 cm³/mol. The normalized spacial score (nSPS) is 15.9. The molecule has 9 heteroatoms. The van der Waals surface area contributed by atoms with Gasteiger partial charge >= 0.3 is 0 Å². The average molecular weight is 457 g/mol. The van der Waals surface area contributed by atoms with E-state index in [0.29, 0.717) is 5.69 Å². The van der Waals surface area contributed by atoms with Crippen molar-refractivity contribution in [3.8, 4) is 0 Å². The lowest BCUT2D eigenvalue weighted by molar-refractivity contribution is -0.122. The minimum atomic E-state index is -0.686. The van der Waals surface area contributed by atoms with Crippen LogP contribution in [-0.2, 0) is 16.6 Å². The first kappa shape index (κ1) is 24.2. The van der Waals surface area contributed by atoms with Gasteiger partial charge < -0.3 is 19.7 Å². The summed E-state index contributed by atoms with van der Waals surface area (Å²) < 4.78 is 14.4. The Bertz CT molecular complexity index is 1120. The van der Waals surface area contributed by atoms with E-state index in [-0.39, 0.29) is 48.1 Å². The molecule has 1 fully saturated rings. The highest BCUT2D eigenvalue weighted by atomic mass is 19.1. The Morgan fingerprint density at radius 3 is 2.27 bits per heavy atom. The first-order valence-electron chi connectivity index (χ1n) is 10.9. The third kappa shape index (κ3) is 5.13. The number of nitrogens with zero attached hydrogens (tertiary/aromatic N) is 3. The van der Waals surface area contributed by atoms with E-state index in [1.165, 1.54) is 53.0 Å². The number of anilines is 2. The molecule has 3 rings (SSSR count). The second-order valence-corrected chi connectivity index (χ2v) is 8.83. The highest BCUT2D eigenvalue weighted by molar-refractivity contribution is 6.04. The van der Waals surface area contributed by atoms with Gasteiger partial charge in [0.05, 0.1) is 11.5 Å². The topological polar surface area (TPSA) is 91.7 Å².